The Morgan fingerprint density at radius 2 is 1.97 bits per heavy atom. The summed E-state index contributed by atoms with van der Waals surface area (Å²) in [6, 6.07) is 0. The number of likely N-dealkylation sites (tertiary alicyclic amines) is 1. The number of piperidine rings is 1. The van der Waals surface area contributed by atoms with E-state index in [0.29, 0.717) is 12.4 Å². The molecule has 2 N–H and O–H groups in total. The molecule has 3 heterocycles. The third-order valence-corrected chi connectivity index (χ3v) is 6.98. The quantitative estimate of drug-likeness (QED) is 0.751. The number of hydrogen-bond donors (Lipinski definition) is 2. The molecule has 156 valence electrons. The number of amides is 2. The molecule has 2 aromatic rings. The second kappa shape index (κ2) is 7.89. The second-order valence-corrected chi connectivity index (χ2v) is 10.2. The van der Waals surface area contributed by atoms with Gasteiger partial charge in [-0.2, -0.15) is 0 Å². The van der Waals surface area contributed by atoms with E-state index < -0.39 is 5.41 Å². The highest BCUT2D eigenvalue weighted by Gasteiger charge is 2.33. The van der Waals surface area contributed by atoms with Gasteiger partial charge in [-0.25, -0.2) is 9.97 Å². The summed E-state index contributed by atoms with van der Waals surface area (Å²) in [7, 11) is 0. The molecule has 0 bridgehead atoms. The molecular weight excluding hydrogens is 386 g/mol. The van der Waals surface area contributed by atoms with Crippen molar-refractivity contribution >= 4 is 39.2 Å². The minimum atomic E-state index is -0.429. The molecule has 1 saturated heterocycles. The fourth-order valence-corrected chi connectivity index (χ4v) is 5.49. The molecule has 2 aromatic heterocycles. The highest BCUT2D eigenvalue weighted by molar-refractivity contribution is 7.19. The summed E-state index contributed by atoms with van der Waals surface area (Å²) in [4.78, 5) is 38.4. The van der Waals surface area contributed by atoms with E-state index in [1.807, 2.05) is 25.7 Å². The lowest BCUT2D eigenvalue weighted by molar-refractivity contribution is -0.142. The fraction of sp³-hybridized carbons (Fsp3) is 0.619. The van der Waals surface area contributed by atoms with Crippen LogP contribution in [0.3, 0.4) is 0 Å². The predicted molar refractivity (Wildman–Crippen MR) is 115 cm³/mol. The van der Waals surface area contributed by atoms with Gasteiger partial charge in [-0.3, -0.25) is 20.4 Å². The van der Waals surface area contributed by atoms with E-state index in [0.717, 1.165) is 42.4 Å². The van der Waals surface area contributed by atoms with Gasteiger partial charge in [0.1, 0.15) is 11.2 Å². The van der Waals surface area contributed by atoms with Gasteiger partial charge in [0, 0.05) is 23.4 Å². The smallest absolute Gasteiger partial charge is 0.243 e. The van der Waals surface area contributed by atoms with Crippen LogP contribution in [0.25, 0.3) is 10.2 Å². The number of fused-ring (bicyclic) bond motifs is 3. The van der Waals surface area contributed by atoms with Crippen LogP contribution in [0.5, 0.6) is 0 Å². The van der Waals surface area contributed by atoms with Crippen molar-refractivity contribution in [2.24, 2.45) is 11.3 Å². The average molecular weight is 416 g/mol. The molecular formula is C21H29N5O2S. The standard InChI is InChI=1S/C21H29N5O2S/c1-21(2,3)20(28)26-10-6-7-13(11-26)18(27)25-24-17-16-14-8-4-5-9-15(14)29-19(16)23-12-22-17/h12-13H,4-11H2,1-3H3,(H,25,27)(H,22,23,24)/t13-/m1/s1. The zero-order chi connectivity index (χ0) is 20.6. The Balaban J connectivity index is 1.45. The van der Waals surface area contributed by atoms with Crippen LogP contribution in [0.4, 0.5) is 5.82 Å². The third-order valence-electron chi connectivity index (χ3n) is 5.78. The first kappa shape index (κ1) is 20.1. The van der Waals surface area contributed by atoms with Crippen molar-refractivity contribution in [3.05, 3.63) is 16.8 Å². The zero-order valence-corrected chi connectivity index (χ0v) is 18.2. The van der Waals surface area contributed by atoms with Crippen LogP contribution in [0.15, 0.2) is 6.33 Å². The van der Waals surface area contributed by atoms with E-state index >= 15 is 0 Å². The second-order valence-electron chi connectivity index (χ2n) is 9.07. The predicted octanol–water partition coefficient (Wildman–Crippen LogP) is 3.30. The zero-order valence-electron chi connectivity index (χ0n) is 17.4. The van der Waals surface area contributed by atoms with Gasteiger partial charge < -0.3 is 4.90 Å². The van der Waals surface area contributed by atoms with Crippen LogP contribution in [0.2, 0.25) is 0 Å². The number of aryl methyl sites for hydroxylation is 2. The third kappa shape index (κ3) is 4.08. The number of rotatable bonds is 3. The summed E-state index contributed by atoms with van der Waals surface area (Å²) in [5, 5.41) is 1.04. The van der Waals surface area contributed by atoms with Crippen molar-refractivity contribution in [1.29, 1.82) is 0 Å². The lowest BCUT2D eigenvalue weighted by Gasteiger charge is -2.35. The van der Waals surface area contributed by atoms with E-state index in [1.54, 1.807) is 17.7 Å². The molecule has 4 rings (SSSR count). The molecule has 7 nitrogen and oxygen atoms in total. The largest absolute Gasteiger partial charge is 0.341 e. The SMILES string of the molecule is CC(C)(C)C(=O)N1CCC[C@@H](C(=O)NNc2ncnc3sc4c(c23)CCCC4)C1. The topological polar surface area (TPSA) is 87.2 Å². The van der Waals surface area contributed by atoms with E-state index in [2.05, 4.69) is 20.8 Å². The molecule has 2 aliphatic rings. The number of hydrogen-bond acceptors (Lipinski definition) is 6. The van der Waals surface area contributed by atoms with Crippen molar-refractivity contribution < 1.29 is 9.59 Å². The maximum atomic E-state index is 12.8. The normalized spacial score (nSPS) is 19.7. The molecule has 0 spiro atoms. The van der Waals surface area contributed by atoms with Crippen LogP contribution in [-0.2, 0) is 22.4 Å². The number of thiophene rings is 1. The maximum absolute atomic E-state index is 12.8. The number of carbonyl (C=O) groups is 2. The molecule has 29 heavy (non-hydrogen) atoms. The summed E-state index contributed by atoms with van der Waals surface area (Å²) in [5.74, 6) is 0.468. The van der Waals surface area contributed by atoms with Crippen LogP contribution in [-0.4, -0.2) is 39.8 Å². The first-order chi connectivity index (χ1) is 13.8. The maximum Gasteiger partial charge on any atom is 0.243 e. The van der Waals surface area contributed by atoms with Crippen molar-refractivity contribution in [3.63, 3.8) is 0 Å². The molecule has 1 aliphatic heterocycles. The number of hydrazine groups is 1. The van der Waals surface area contributed by atoms with Crippen LogP contribution in [0, 0.1) is 11.3 Å². The van der Waals surface area contributed by atoms with Gasteiger partial charge in [0.15, 0.2) is 5.82 Å². The molecule has 1 atom stereocenters. The summed E-state index contributed by atoms with van der Waals surface area (Å²) >= 11 is 1.73. The Bertz CT molecular complexity index is 933. The van der Waals surface area contributed by atoms with E-state index in [9.17, 15) is 9.59 Å². The summed E-state index contributed by atoms with van der Waals surface area (Å²) < 4.78 is 0. The van der Waals surface area contributed by atoms with Gasteiger partial charge in [-0.15, -0.1) is 11.3 Å². The summed E-state index contributed by atoms with van der Waals surface area (Å²) in [6.45, 7) is 6.95. The van der Waals surface area contributed by atoms with Gasteiger partial charge in [0.25, 0.3) is 0 Å². The monoisotopic (exact) mass is 415 g/mol. The summed E-state index contributed by atoms with van der Waals surface area (Å²) in [5.41, 5.74) is 6.79. The van der Waals surface area contributed by atoms with Crippen LogP contribution >= 0.6 is 11.3 Å². The lowest BCUT2D eigenvalue weighted by Crippen LogP contribution is -2.49. The number of nitrogens with one attached hydrogen (secondary N) is 2. The number of nitrogens with zero attached hydrogens (tertiary/aromatic N) is 3. The Labute approximate surface area is 175 Å². The van der Waals surface area contributed by atoms with Crippen molar-refractivity contribution in [3.8, 4) is 0 Å². The van der Waals surface area contributed by atoms with E-state index in [1.165, 1.54) is 23.3 Å². The first-order valence-electron chi connectivity index (χ1n) is 10.4. The van der Waals surface area contributed by atoms with Crippen LogP contribution in [0.1, 0.15) is 56.9 Å². The molecule has 0 saturated carbocycles. The van der Waals surface area contributed by atoms with E-state index in [-0.39, 0.29) is 17.7 Å². The van der Waals surface area contributed by atoms with Crippen molar-refractivity contribution in [2.75, 3.05) is 18.5 Å². The van der Waals surface area contributed by atoms with Crippen LogP contribution < -0.4 is 10.9 Å². The molecule has 1 fully saturated rings. The first-order valence-corrected chi connectivity index (χ1v) is 11.3. The van der Waals surface area contributed by atoms with Gasteiger partial charge >= 0.3 is 0 Å². The molecule has 1 aliphatic carbocycles. The number of aromatic nitrogens is 2. The minimum absolute atomic E-state index is 0.0905. The van der Waals surface area contributed by atoms with Gasteiger partial charge in [0.05, 0.1) is 11.3 Å². The van der Waals surface area contributed by atoms with E-state index in [4.69, 9.17) is 0 Å². The lowest BCUT2D eigenvalue weighted by atomic mass is 9.91. The molecule has 0 aromatic carbocycles. The summed E-state index contributed by atoms with van der Waals surface area (Å²) in [6.07, 6.45) is 7.71. The Kier molecular flexibility index (Phi) is 5.46. The van der Waals surface area contributed by atoms with Gasteiger partial charge in [-0.1, -0.05) is 20.8 Å². The highest BCUT2D eigenvalue weighted by atomic mass is 32.1. The molecule has 8 heteroatoms. The molecule has 0 unspecified atom stereocenters. The Hall–Kier alpha value is -2.22. The molecule has 0 radical (unpaired) electrons. The number of anilines is 1. The average Bonchev–Trinajstić information content (AvgIpc) is 3.10. The van der Waals surface area contributed by atoms with Crippen molar-refractivity contribution in [2.45, 2.75) is 59.3 Å². The Morgan fingerprint density at radius 3 is 2.76 bits per heavy atom. The highest BCUT2D eigenvalue weighted by Crippen LogP contribution is 2.37. The minimum Gasteiger partial charge on any atom is -0.341 e. The molecule has 2 amide bonds. The fourth-order valence-electron chi connectivity index (χ4n) is 4.26. The number of carbonyl (C=O) groups excluding carboxylic acids is 2. The van der Waals surface area contributed by atoms with Gasteiger partial charge in [-0.05, 0) is 44.1 Å². The Morgan fingerprint density at radius 1 is 1.17 bits per heavy atom. The van der Waals surface area contributed by atoms with Gasteiger partial charge in [0.2, 0.25) is 11.8 Å². The van der Waals surface area contributed by atoms with Crippen molar-refractivity contribution in [1.82, 2.24) is 20.3 Å².